The van der Waals surface area contributed by atoms with E-state index >= 15 is 0 Å². The summed E-state index contributed by atoms with van der Waals surface area (Å²) in [4.78, 5) is 18.8. The first kappa shape index (κ1) is 26.4. The molecule has 1 aliphatic rings. The number of rotatable bonds is 8. The van der Waals surface area contributed by atoms with E-state index in [1.54, 1.807) is 32.8 Å². The van der Waals surface area contributed by atoms with Crippen molar-refractivity contribution in [3.8, 4) is 0 Å². The number of carbonyl (C=O) groups excluding carboxylic acids is 1. The van der Waals surface area contributed by atoms with Crippen molar-refractivity contribution >= 4 is 45.9 Å². The number of nitrogens with zero attached hydrogens (tertiary/aromatic N) is 2. The summed E-state index contributed by atoms with van der Waals surface area (Å²) < 4.78 is 25.5. The second-order valence-electron chi connectivity index (χ2n) is 7.99. The maximum absolute atomic E-state index is 12.7. The summed E-state index contributed by atoms with van der Waals surface area (Å²) in [6.07, 6.45) is 4.99. The monoisotopic (exact) mass is 517 g/mol. The normalized spacial score (nSPS) is 17.2. The predicted molar refractivity (Wildman–Crippen MR) is 121 cm³/mol. The molecule has 0 aromatic carbocycles. The van der Waals surface area contributed by atoms with Gasteiger partial charge in [-0.15, -0.1) is 24.0 Å². The van der Waals surface area contributed by atoms with Crippen molar-refractivity contribution in [2.45, 2.75) is 52.0 Å². The highest BCUT2D eigenvalue weighted by Gasteiger charge is 2.42. The van der Waals surface area contributed by atoms with Crippen LogP contribution in [0.1, 0.15) is 46.5 Å². The van der Waals surface area contributed by atoms with Crippen LogP contribution in [0.4, 0.5) is 0 Å². The Morgan fingerprint density at radius 1 is 1.19 bits per heavy atom. The molecule has 1 saturated carbocycles. The number of hydrogen-bond acceptors (Lipinski definition) is 4. The molecule has 0 aliphatic heterocycles. The molecule has 160 valence electrons. The van der Waals surface area contributed by atoms with Gasteiger partial charge in [-0.25, -0.2) is 13.1 Å². The number of aliphatic imine (C=N–C) groups is 1. The van der Waals surface area contributed by atoms with Gasteiger partial charge in [-0.1, -0.05) is 12.8 Å². The van der Waals surface area contributed by atoms with Gasteiger partial charge in [0.05, 0.1) is 18.2 Å². The van der Waals surface area contributed by atoms with Crippen LogP contribution in [0, 0.1) is 5.41 Å². The molecule has 27 heavy (non-hydrogen) atoms. The molecular weight excluding hydrogens is 481 g/mol. The molecular formula is C17H36IN5O3S. The molecule has 0 bridgehead atoms. The molecule has 1 rings (SSSR count). The molecule has 0 spiro atoms. The lowest BCUT2D eigenvalue weighted by molar-refractivity contribution is -0.138. The van der Waals surface area contributed by atoms with Crippen molar-refractivity contribution in [1.82, 2.24) is 20.3 Å². The Labute approximate surface area is 181 Å². The standard InChI is InChI=1S/C17H35N5O3S.HI/c1-7-18-15(19-12-16(2,3)21-26(6,24)25)20-13-17(10-8-9-11-17)14(23)22(4)5;/h21H,7-13H2,1-6H3,(H2,18,19,20);1H. The molecule has 0 unspecified atom stereocenters. The van der Waals surface area contributed by atoms with Crippen molar-refractivity contribution in [2.75, 3.05) is 40.0 Å². The van der Waals surface area contributed by atoms with E-state index in [0.29, 0.717) is 19.0 Å². The number of amides is 1. The van der Waals surface area contributed by atoms with Crippen molar-refractivity contribution in [2.24, 2.45) is 10.4 Å². The summed E-state index contributed by atoms with van der Waals surface area (Å²) in [5, 5.41) is 6.45. The van der Waals surface area contributed by atoms with Gasteiger partial charge in [0.15, 0.2) is 5.96 Å². The molecule has 0 aromatic heterocycles. The summed E-state index contributed by atoms with van der Waals surface area (Å²) in [7, 11) is 0.277. The Morgan fingerprint density at radius 2 is 1.74 bits per heavy atom. The van der Waals surface area contributed by atoms with Crippen LogP contribution in [0.25, 0.3) is 0 Å². The van der Waals surface area contributed by atoms with Crippen LogP contribution >= 0.6 is 24.0 Å². The van der Waals surface area contributed by atoms with Crippen molar-refractivity contribution in [1.29, 1.82) is 0 Å². The Kier molecular flexibility index (Phi) is 10.5. The highest BCUT2D eigenvalue weighted by atomic mass is 127. The van der Waals surface area contributed by atoms with Gasteiger partial charge in [0.2, 0.25) is 15.9 Å². The Balaban J connectivity index is 0.00000676. The number of nitrogens with one attached hydrogen (secondary N) is 3. The van der Waals surface area contributed by atoms with E-state index in [1.165, 1.54) is 0 Å². The third-order valence-corrected chi connectivity index (χ3v) is 5.38. The van der Waals surface area contributed by atoms with E-state index in [4.69, 9.17) is 0 Å². The van der Waals surface area contributed by atoms with Gasteiger partial charge in [-0.05, 0) is 33.6 Å². The Bertz CT molecular complexity index is 614. The quantitative estimate of drug-likeness (QED) is 0.255. The van der Waals surface area contributed by atoms with Crippen molar-refractivity contribution < 1.29 is 13.2 Å². The third-order valence-electron chi connectivity index (χ3n) is 4.45. The molecule has 1 amide bonds. The van der Waals surface area contributed by atoms with E-state index in [0.717, 1.165) is 31.9 Å². The maximum atomic E-state index is 12.7. The smallest absolute Gasteiger partial charge is 0.230 e. The fourth-order valence-electron chi connectivity index (χ4n) is 3.40. The molecule has 3 N–H and O–H groups in total. The zero-order chi connectivity index (χ0) is 20.0. The molecule has 0 radical (unpaired) electrons. The van der Waals surface area contributed by atoms with E-state index in [1.807, 2.05) is 6.92 Å². The Morgan fingerprint density at radius 3 is 2.19 bits per heavy atom. The fourth-order valence-corrected chi connectivity index (χ4v) is 4.47. The average Bonchev–Trinajstić information content (AvgIpc) is 2.97. The molecule has 0 aromatic rings. The minimum Gasteiger partial charge on any atom is -0.357 e. The van der Waals surface area contributed by atoms with E-state index in [9.17, 15) is 13.2 Å². The summed E-state index contributed by atoms with van der Waals surface area (Å²) in [5.41, 5.74) is -1.08. The number of guanidine groups is 1. The van der Waals surface area contributed by atoms with Gasteiger partial charge in [0.25, 0.3) is 0 Å². The molecule has 0 atom stereocenters. The summed E-state index contributed by atoms with van der Waals surface area (Å²) in [6.45, 7) is 7.03. The molecule has 1 aliphatic carbocycles. The first-order valence-electron chi connectivity index (χ1n) is 9.14. The lowest BCUT2D eigenvalue weighted by atomic mass is 9.84. The number of hydrogen-bond donors (Lipinski definition) is 3. The van der Waals surface area contributed by atoms with Gasteiger partial charge in [0.1, 0.15) is 0 Å². The second-order valence-corrected chi connectivity index (χ2v) is 9.74. The van der Waals surface area contributed by atoms with E-state index < -0.39 is 15.6 Å². The molecule has 0 heterocycles. The minimum absolute atomic E-state index is 0. The van der Waals surface area contributed by atoms with Crippen LogP contribution < -0.4 is 15.4 Å². The van der Waals surface area contributed by atoms with Gasteiger partial charge in [-0.3, -0.25) is 9.79 Å². The van der Waals surface area contributed by atoms with Crippen molar-refractivity contribution in [3.05, 3.63) is 0 Å². The van der Waals surface area contributed by atoms with E-state index in [-0.39, 0.29) is 41.8 Å². The molecule has 8 nitrogen and oxygen atoms in total. The summed E-state index contributed by atoms with van der Waals surface area (Å²) >= 11 is 0. The first-order chi connectivity index (χ1) is 11.9. The maximum Gasteiger partial charge on any atom is 0.230 e. The average molecular weight is 517 g/mol. The minimum atomic E-state index is -3.31. The topological polar surface area (TPSA) is 103 Å². The van der Waals surface area contributed by atoms with Crippen LogP contribution in [0.3, 0.4) is 0 Å². The number of halogens is 1. The zero-order valence-electron chi connectivity index (χ0n) is 17.4. The van der Waals surface area contributed by atoms with Crippen LogP contribution in [0.15, 0.2) is 4.99 Å². The predicted octanol–water partition coefficient (Wildman–Crippen LogP) is 1.14. The van der Waals surface area contributed by atoms with Gasteiger partial charge < -0.3 is 15.5 Å². The highest BCUT2D eigenvalue weighted by Crippen LogP contribution is 2.38. The van der Waals surface area contributed by atoms with Crippen molar-refractivity contribution in [3.63, 3.8) is 0 Å². The lowest BCUT2D eigenvalue weighted by Gasteiger charge is -2.31. The SMILES string of the molecule is CCNC(=NCC(C)(C)NS(C)(=O)=O)NCC1(C(=O)N(C)C)CCCC1.I. The summed E-state index contributed by atoms with van der Waals surface area (Å²) in [5.74, 6) is 0.742. The fraction of sp³-hybridized carbons (Fsp3) is 0.882. The molecule has 1 fully saturated rings. The van der Waals surface area contributed by atoms with Crippen LogP contribution in [-0.2, 0) is 14.8 Å². The Hall–Kier alpha value is -0.620. The molecule has 10 heteroatoms. The second kappa shape index (κ2) is 10.8. The van der Waals surface area contributed by atoms with E-state index in [2.05, 4.69) is 20.3 Å². The lowest BCUT2D eigenvalue weighted by Crippen LogP contribution is -2.50. The van der Waals surface area contributed by atoms with Gasteiger partial charge in [0, 0.05) is 32.7 Å². The molecule has 0 saturated heterocycles. The number of sulfonamides is 1. The van der Waals surface area contributed by atoms with Crippen LogP contribution in [0.5, 0.6) is 0 Å². The number of carbonyl (C=O) groups is 1. The van der Waals surface area contributed by atoms with Crippen LogP contribution in [-0.4, -0.2) is 70.7 Å². The van der Waals surface area contributed by atoms with Gasteiger partial charge >= 0.3 is 0 Å². The highest BCUT2D eigenvalue weighted by molar-refractivity contribution is 14.0. The zero-order valence-corrected chi connectivity index (χ0v) is 20.5. The first-order valence-corrected chi connectivity index (χ1v) is 11.0. The summed E-state index contributed by atoms with van der Waals surface area (Å²) in [6, 6.07) is 0. The van der Waals surface area contributed by atoms with Gasteiger partial charge in [-0.2, -0.15) is 0 Å². The third kappa shape index (κ3) is 8.95. The largest absolute Gasteiger partial charge is 0.357 e. The van der Waals surface area contributed by atoms with Crippen LogP contribution in [0.2, 0.25) is 0 Å².